The summed E-state index contributed by atoms with van der Waals surface area (Å²) in [5, 5.41) is 0. The Bertz CT molecular complexity index is 999. The quantitative estimate of drug-likeness (QED) is 0.816. The van der Waals surface area contributed by atoms with Crippen LogP contribution in [-0.2, 0) is 0 Å². The van der Waals surface area contributed by atoms with E-state index in [1.54, 1.807) is 23.1 Å². The van der Waals surface area contributed by atoms with Crippen LogP contribution in [0.4, 0.5) is 5.69 Å². The Morgan fingerprint density at radius 3 is 2.54 bits per heavy atom. The molecule has 2 aromatic carbocycles. The Labute approximate surface area is 163 Å². The van der Waals surface area contributed by atoms with E-state index >= 15 is 0 Å². The minimum atomic E-state index is -0.390. The van der Waals surface area contributed by atoms with Crippen molar-refractivity contribution in [3.8, 4) is 0 Å². The lowest BCUT2D eigenvalue weighted by Crippen LogP contribution is -2.45. The van der Waals surface area contributed by atoms with Gasteiger partial charge < -0.3 is 10.6 Å². The van der Waals surface area contributed by atoms with E-state index in [9.17, 15) is 14.4 Å². The molecule has 1 atom stereocenters. The molecule has 3 amide bonds. The summed E-state index contributed by atoms with van der Waals surface area (Å²) < 4.78 is 0. The molecule has 0 radical (unpaired) electrons. The van der Waals surface area contributed by atoms with Crippen LogP contribution in [0.5, 0.6) is 0 Å². The highest BCUT2D eigenvalue weighted by Crippen LogP contribution is 2.32. The van der Waals surface area contributed by atoms with Gasteiger partial charge in [-0.25, -0.2) is 4.90 Å². The maximum atomic E-state index is 13.0. The smallest absolute Gasteiger partial charge is 0.266 e. The van der Waals surface area contributed by atoms with Crippen LogP contribution in [-0.4, -0.2) is 41.8 Å². The van der Waals surface area contributed by atoms with E-state index in [1.165, 1.54) is 4.90 Å². The second-order valence-electron chi connectivity index (χ2n) is 7.65. The zero-order valence-electron chi connectivity index (χ0n) is 16.1. The molecule has 6 heteroatoms. The van der Waals surface area contributed by atoms with Crippen molar-refractivity contribution in [1.29, 1.82) is 0 Å². The van der Waals surface area contributed by atoms with Gasteiger partial charge in [0, 0.05) is 24.7 Å². The van der Waals surface area contributed by atoms with E-state index in [0.717, 1.165) is 24.0 Å². The zero-order valence-corrected chi connectivity index (χ0v) is 16.1. The lowest BCUT2D eigenvalue weighted by atomic mass is 10.0. The first kappa shape index (κ1) is 18.4. The fourth-order valence-corrected chi connectivity index (χ4v) is 3.93. The maximum Gasteiger partial charge on any atom is 0.266 e. The molecule has 6 nitrogen and oxygen atoms in total. The molecule has 2 N–H and O–H groups in total. The van der Waals surface area contributed by atoms with Gasteiger partial charge in [-0.2, -0.15) is 0 Å². The second-order valence-corrected chi connectivity index (χ2v) is 7.65. The van der Waals surface area contributed by atoms with Gasteiger partial charge in [0.25, 0.3) is 17.7 Å². The third kappa shape index (κ3) is 2.99. The molecule has 1 fully saturated rings. The van der Waals surface area contributed by atoms with Gasteiger partial charge in [-0.3, -0.25) is 14.4 Å². The number of anilines is 1. The number of piperidine rings is 1. The number of likely N-dealkylation sites (tertiary alicyclic amines) is 1. The van der Waals surface area contributed by atoms with Crippen LogP contribution < -0.4 is 10.6 Å². The van der Waals surface area contributed by atoms with Gasteiger partial charge in [-0.1, -0.05) is 12.1 Å². The Kier molecular flexibility index (Phi) is 4.51. The minimum absolute atomic E-state index is 0.0184. The second kappa shape index (κ2) is 6.87. The number of amides is 3. The van der Waals surface area contributed by atoms with Crippen LogP contribution in [0.3, 0.4) is 0 Å². The summed E-state index contributed by atoms with van der Waals surface area (Å²) in [5.41, 5.74) is 9.40. The number of nitrogens with two attached hydrogens (primary N) is 1. The van der Waals surface area contributed by atoms with E-state index in [4.69, 9.17) is 5.73 Å². The molecule has 2 aromatic rings. The molecule has 2 aliphatic heterocycles. The lowest BCUT2D eigenvalue weighted by molar-refractivity contribution is 0.0708. The molecule has 0 saturated carbocycles. The number of carbonyl (C=O) groups is 3. The highest BCUT2D eigenvalue weighted by Gasteiger charge is 2.38. The van der Waals surface area contributed by atoms with Crippen molar-refractivity contribution in [2.45, 2.75) is 32.7 Å². The molecule has 1 saturated heterocycles. The van der Waals surface area contributed by atoms with Crippen LogP contribution in [0, 0.1) is 13.8 Å². The third-order valence-corrected chi connectivity index (χ3v) is 5.48. The number of aryl methyl sites for hydroxylation is 2. The standard InChI is InChI=1S/C22H23N3O3/c1-13-5-6-14(2)19(10-13)25-21(27)17-8-7-15(11-18(17)22(25)28)20(26)24-9-3-4-16(23)12-24/h5-8,10-11,16H,3-4,9,12,23H2,1-2H3. The van der Waals surface area contributed by atoms with Gasteiger partial charge in [0.15, 0.2) is 0 Å². The van der Waals surface area contributed by atoms with E-state index in [0.29, 0.717) is 29.9 Å². The van der Waals surface area contributed by atoms with Crippen molar-refractivity contribution in [2.75, 3.05) is 18.0 Å². The Balaban J connectivity index is 1.68. The van der Waals surface area contributed by atoms with Crippen LogP contribution in [0.25, 0.3) is 0 Å². The summed E-state index contributed by atoms with van der Waals surface area (Å²) in [4.78, 5) is 41.7. The van der Waals surface area contributed by atoms with Gasteiger partial charge in [-0.15, -0.1) is 0 Å². The SMILES string of the molecule is Cc1ccc(C)c(N2C(=O)c3ccc(C(=O)N4CCCC(N)C4)cc3C2=O)c1. The molecule has 144 valence electrons. The molecule has 0 aromatic heterocycles. The first-order valence-corrected chi connectivity index (χ1v) is 9.52. The van der Waals surface area contributed by atoms with E-state index in [-0.39, 0.29) is 23.4 Å². The van der Waals surface area contributed by atoms with Crippen LogP contribution in [0.2, 0.25) is 0 Å². The fourth-order valence-electron chi connectivity index (χ4n) is 3.93. The van der Waals surface area contributed by atoms with Crippen molar-refractivity contribution in [3.63, 3.8) is 0 Å². The first-order chi connectivity index (χ1) is 13.4. The number of carbonyl (C=O) groups excluding carboxylic acids is 3. The van der Waals surface area contributed by atoms with Crippen LogP contribution in [0.1, 0.15) is 55.0 Å². The average molecular weight is 377 g/mol. The van der Waals surface area contributed by atoms with Crippen molar-refractivity contribution < 1.29 is 14.4 Å². The van der Waals surface area contributed by atoms with Gasteiger partial charge in [0.1, 0.15) is 0 Å². The predicted molar refractivity (Wildman–Crippen MR) is 107 cm³/mol. The number of hydrogen-bond acceptors (Lipinski definition) is 4. The van der Waals surface area contributed by atoms with Gasteiger partial charge in [-0.05, 0) is 62.1 Å². The Morgan fingerprint density at radius 2 is 1.79 bits per heavy atom. The average Bonchev–Trinajstić information content (AvgIpc) is 2.93. The van der Waals surface area contributed by atoms with E-state index in [2.05, 4.69) is 0 Å². The largest absolute Gasteiger partial charge is 0.337 e. The molecule has 0 bridgehead atoms. The highest BCUT2D eigenvalue weighted by atomic mass is 16.2. The molecule has 0 aliphatic carbocycles. The summed E-state index contributed by atoms with van der Waals surface area (Å²) in [7, 11) is 0. The Morgan fingerprint density at radius 1 is 1.04 bits per heavy atom. The van der Waals surface area contributed by atoms with Crippen molar-refractivity contribution >= 4 is 23.4 Å². The predicted octanol–water partition coefficient (Wildman–Crippen LogP) is 2.67. The lowest BCUT2D eigenvalue weighted by Gasteiger charge is -2.30. The topological polar surface area (TPSA) is 83.7 Å². The molecular formula is C22H23N3O3. The normalized spacial score (nSPS) is 19.2. The fraction of sp³-hybridized carbons (Fsp3) is 0.318. The number of benzene rings is 2. The van der Waals surface area contributed by atoms with E-state index in [1.807, 2.05) is 32.0 Å². The van der Waals surface area contributed by atoms with E-state index < -0.39 is 5.91 Å². The highest BCUT2D eigenvalue weighted by molar-refractivity contribution is 6.35. The number of fused-ring (bicyclic) bond motifs is 1. The molecule has 1 unspecified atom stereocenters. The number of hydrogen-bond donors (Lipinski definition) is 1. The molecule has 28 heavy (non-hydrogen) atoms. The van der Waals surface area contributed by atoms with Crippen LogP contribution in [0.15, 0.2) is 36.4 Å². The van der Waals surface area contributed by atoms with Crippen molar-refractivity contribution in [3.05, 3.63) is 64.2 Å². The summed E-state index contributed by atoms with van der Waals surface area (Å²) in [6.07, 6.45) is 1.78. The summed E-state index contributed by atoms with van der Waals surface area (Å²) in [5.74, 6) is -0.894. The van der Waals surface area contributed by atoms with Gasteiger partial charge in [0.05, 0.1) is 16.8 Å². The van der Waals surface area contributed by atoms with Crippen molar-refractivity contribution in [2.24, 2.45) is 5.73 Å². The van der Waals surface area contributed by atoms with Crippen molar-refractivity contribution in [1.82, 2.24) is 4.90 Å². The van der Waals surface area contributed by atoms with Gasteiger partial charge >= 0.3 is 0 Å². The summed E-state index contributed by atoms with van der Waals surface area (Å²) in [6.45, 7) is 4.95. The first-order valence-electron chi connectivity index (χ1n) is 9.52. The maximum absolute atomic E-state index is 13.0. The minimum Gasteiger partial charge on any atom is -0.337 e. The van der Waals surface area contributed by atoms with Gasteiger partial charge in [0.2, 0.25) is 0 Å². The molecular weight excluding hydrogens is 354 g/mol. The third-order valence-electron chi connectivity index (χ3n) is 5.48. The number of imide groups is 1. The molecule has 2 aliphatic rings. The summed E-state index contributed by atoms with van der Waals surface area (Å²) >= 11 is 0. The molecule has 0 spiro atoms. The monoisotopic (exact) mass is 377 g/mol. The number of nitrogens with zero attached hydrogens (tertiary/aromatic N) is 2. The molecule has 4 rings (SSSR count). The zero-order chi connectivity index (χ0) is 20.0. The summed E-state index contributed by atoms with van der Waals surface area (Å²) in [6, 6.07) is 10.4. The van der Waals surface area contributed by atoms with Crippen LogP contribution >= 0.6 is 0 Å². The Hall–Kier alpha value is -2.99. The number of rotatable bonds is 2. The molecule has 2 heterocycles.